The standard InChI is InChI=1S/C25H32N4O2/c1-28(21-6-4-3-5-7-21)15-13-27-25(30)18-29-14-11-19-8-9-20(16-23(19)29)22-10-12-26-17-24(22)31-2/h8-12,14,16-17,21H,3-7,13,15,18H2,1-2H3,(H,27,30). The summed E-state index contributed by atoms with van der Waals surface area (Å²) in [7, 11) is 3.83. The summed E-state index contributed by atoms with van der Waals surface area (Å²) < 4.78 is 7.46. The third-order valence-corrected chi connectivity index (χ3v) is 6.39. The molecule has 3 aromatic rings. The van der Waals surface area contributed by atoms with E-state index < -0.39 is 0 Å². The van der Waals surface area contributed by atoms with Crippen molar-refractivity contribution in [3.63, 3.8) is 0 Å². The summed E-state index contributed by atoms with van der Waals surface area (Å²) >= 11 is 0. The fraction of sp³-hybridized carbons (Fsp3) is 0.440. The minimum absolute atomic E-state index is 0.0430. The number of carbonyl (C=O) groups is 1. The normalized spacial score (nSPS) is 14.8. The first-order valence-corrected chi connectivity index (χ1v) is 11.2. The van der Waals surface area contributed by atoms with Crippen LogP contribution >= 0.6 is 0 Å². The van der Waals surface area contributed by atoms with Crippen LogP contribution in [0.25, 0.3) is 22.0 Å². The van der Waals surface area contributed by atoms with Gasteiger partial charge in [0.25, 0.3) is 0 Å². The van der Waals surface area contributed by atoms with Crippen molar-refractivity contribution in [2.24, 2.45) is 0 Å². The Morgan fingerprint density at radius 3 is 2.87 bits per heavy atom. The second-order valence-corrected chi connectivity index (χ2v) is 8.42. The first kappa shape index (κ1) is 21.4. The highest BCUT2D eigenvalue weighted by Gasteiger charge is 2.17. The average Bonchev–Trinajstić information content (AvgIpc) is 3.21. The molecule has 0 atom stereocenters. The van der Waals surface area contributed by atoms with E-state index in [4.69, 9.17) is 4.74 Å². The highest BCUT2D eigenvalue weighted by molar-refractivity contribution is 5.88. The van der Waals surface area contributed by atoms with Crippen molar-refractivity contribution < 1.29 is 9.53 Å². The van der Waals surface area contributed by atoms with Gasteiger partial charge in [-0.1, -0.05) is 31.4 Å². The van der Waals surface area contributed by atoms with Crippen molar-refractivity contribution in [2.75, 3.05) is 27.2 Å². The number of nitrogens with one attached hydrogen (secondary N) is 1. The lowest BCUT2D eigenvalue weighted by Gasteiger charge is -2.31. The number of pyridine rings is 1. The van der Waals surface area contributed by atoms with Crippen LogP contribution in [0.15, 0.2) is 48.9 Å². The lowest BCUT2D eigenvalue weighted by atomic mass is 9.94. The number of rotatable bonds is 8. The fourth-order valence-corrected chi connectivity index (χ4v) is 4.56. The minimum Gasteiger partial charge on any atom is -0.494 e. The molecule has 1 N–H and O–H groups in total. The Balaban J connectivity index is 1.39. The summed E-state index contributed by atoms with van der Waals surface area (Å²) in [5, 5.41) is 4.20. The molecule has 0 bridgehead atoms. The number of methoxy groups -OCH3 is 1. The Morgan fingerprint density at radius 2 is 2.06 bits per heavy atom. The Hall–Kier alpha value is -2.86. The Bertz CT molecular complexity index is 1020. The largest absolute Gasteiger partial charge is 0.494 e. The van der Waals surface area contributed by atoms with Gasteiger partial charge in [0.05, 0.1) is 13.3 Å². The number of hydrogen-bond donors (Lipinski definition) is 1. The number of likely N-dealkylation sites (N-methyl/N-ethyl adjacent to an activating group) is 1. The van der Waals surface area contributed by atoms with E-state index in [9.17, 15) is 4.79 Å². The SMILES string of the molecule is COc1cnccc1-c1ccc2ccn(CC(=O)NCCN(C)C3CCCCC3)c2c1. The van der Waals surface area contributed by atoms with Gasteiger partial charge in [-0.15, -0.1) is 0 Å². The van der Waals surface area contributed by atoms with Crippen molar-refractivity contribution in [2.45, 2.75) is 44.7 Å². The van der Waals surface area contributed by atoms with Crippen molar-refractivity contribution in [1.29, 1.82) is 0 Å². The number of nitrogens with zero attached hydrogens (tertiary/aromatic N) is 3. The predicted octanol–water partition coefficient (Wildman–Crippen LogP) is 4.09. The lowest BCUT2D eigenvalue weighted by molar-refractivity contribution is -0.121. The van der Waals surface area contributed by atoms with E-state index in [1.807, 2.05) is 22.9 Å². The molecule has 6 heteroatoms. The van der Waals surface area contributed by atoms with Crippen LogP contribution in [0.1, 0.15) is 32.1 Å². The molecule has 164 valence electrons. The molecule has 2 aromatic heterocycles. The zero-order chi connectivity index (χ0) is 21.6. The Morgan fingerprint density at radius 1 is 1.23 bits per heavy atom. The molecule has 1 aliphatic carbocycles. The third-order valence-electron chi connectivity index (χ3n) is 6.39. The van der Waals surface area contributed by atoms with Gasteiger partial charge in [0, 0.05) is 42.6 Å². The quantitative estimate of drug-likeness (QED) is 0.596. The summed E-state index contributed by atoms with van der Waals surface area (Å²) in [5.41, 5.74) is 3.06. The van der Waals surface area contributed by atoms with Crippen molar-refractivity contribution >= 4 is 16.8 Å². The third kappa shape index (κ3) is 5.07. The molecular formula is C25H32N4O2. The Kier molecular flexibility index (Phi) is 6.87. The van der Waals surface area contributed by atoms with Gasteiger partial charge in [-0.2, -0.15) is 0 Å². The predicted molar refractivity (Wildman–Crippen MR) is 124 cm³/mol. The summed E-state index contributed by atoms with van der Waals surface area (Å²) in [4.78, 5) is 19.1. The molecule has 0 spiro atoms. The molecule has 1 aliphatic rings. The molecule has 0 aliphatic heterocycles. The molecule has 31 heavy (non-hydrogen) atoms. The van der Waals surface area contributed by atoms with E-state index in [0.29, 0.717) is 19.1 Å². The highest BCUT2D eigenvalue weighted by Crippen LogP contribution is 2.31. The van der Waals surface area contributed by atoms with Gasteiger partial charge in [0.2, 0.25) is 5.91 Å². The maximum absolute atomic E-state index is 12.6. The van der Waals surface area contributed by atoms with Crippen LogP contribution in [0.2, 0.25) is 0 Å². The zero-order valence-electron chi connectivity index (χ0n) is 18.5. The van der Waals surface area contributed by atoms with Crippen molar-refractivity contribution in [3.05, 3.63) is 48.9 Å². The van der Waals surface area contributed by atoms with Crippen LogP contribution in [0.5, 0.6) is 5.75 Å². The van der Waals surface area contributed by atoms with Crippen LogP contribution < -0.4 is 10.1 Å². The second kappa shape index (κ2) is 9.96. The number of aromatic nitrogens is 2. The number of amides is 1. The topological polar surface area (TPSA) is 59.4 Å². The highest BCUT2D eigenvalue weighted by atomic mass is 16.5. The molecule has 0 saturated heterocycles. The van der Waals surface area contributed by atoms with Crippen LogP contribution in [-0.4, -0.2) is 53.6 Å². The van der Waals surface area contributed by atoms with E-state index >= 15 is 0 Å². The summed E-state index contributed by atoms with van der Waals surface area (Å²) in [6, 6.07) is 10.9. The average molecular weight is 421 g/mol. The molecule has 1 amide bonds. The van der Waals surface area contributed by atoms with Gasteiger partial charge in [-0.25, -0.2) is 0 Å². The van der Waals surface area contributed by atoms with Gasteiger partial charge in [0.1, 0.15) is 12.3 Å². The Labute approximate surface area is 184 Å². The molecule has 1 saturated carbocycles. The van der Waals surface area contributed by atoms with E-state index in [1.165, 1.54) is 32.1 Å². The molecule has 2 heterocycles. The molecule has 0 unspecified atom stereocenters. The number of fused-ring (bicyclic) bond motifs is 1. The van der Waals surface area contributed by atoms with E-state index in [1.54, 1.807) is 19.5 Å². The monoisotopic (exact) mass is 420 g/mol. The first-order chi connectivity index (χ1) is 15.2. The van der Waals surface area contributed by atoms with Crippen LogP contribution in [0, 0.1) is 0 Å². The molecule has 0 radical (unpaired) electrons. The van der Waals surface area contributed by atoms with Crippen molar-refractivity contribution in [3.8, 4) is 16.9 Å². The van der Waals surface area contributed by atoms with E-state index in [-0.39, 0.29) is 5.91 Å². The molecule has 4 rings (SSSR count). The number of benzene rings is 1. The maximum atomic E-state index is 12.6. The maximum Gasteiger partial charge on any atom is 0.239 e. The second-order valence-electron chi connectivity index (χ2n) is 8.42. The molecule has 1 fully saturated rings. The molecule has 1 aromatic carbocycles. The van der Waals surface area contributed by atoms with Gasteiger partial charge < -0.3 is 19.5 Å². The van der Waals surface area contributed by atoms with Gasteiger partial charge in [0.15, 0.2) is 0 Å². The van der Waals surface area contributed by atoms with Crippen LogP contribution in [0.3, 0.4) is 0 Å². The van der Waals surface area contributed by atoms with Gasteiger partial charge in [-0.3, -0.25) is 9.78 Å². The zero-order valence-corrected chi connectivity index (χ0v) is 18.5. The summed E-state index contributed by atoms with van der Waals surface area (Å²) in [5.74, 6) is 0.779. The summed E-state index contributed by atoms with van der Waals surface area (Å²) in [6.07, 6.45) is 12.0. The van der Waals surface area contributed by atoms with Gasteiger partial charge >= 0.3 is 0 Å². The fourth-order valence-electron chi connectivity index (χ4n) is 4.56. The minimum atomic E-state index is 0.0430. The van der Waals surface area contributed by atoms with Crippen LogP contribution in [0.4, 0.5) is 0 Å². The first-order valence-electron chi connectivity index (χ1n) is 11.2. The smallest absolute Gasteiger partial charge is 0.239 e. The lowest BCUT2D eigenvalue weighted by Crippen LogP contribution is -2.40. The number of hydrogen-bond acceptors (Lipinski definition) is 4. The van der Waals surface area contributed by atoms with Gasteiger partial charge in [-0.05, 0) is 49.0 Å². The van der Waals surface area contributed by atoms with Crippen molar-refractivity contribution in [1.82, 2.24) is 19.8 Å². The van der Waals surface area contributed by atoms with E-state index in [2.05, 4.69) is 40.4 Å². The number of ether oxygens (including phenoxy) is 1. The molecule has 6 nitrogen and oxygen atoms in total. The molecular weight excluding hydrogens is 388 g/mol. The number of carbonyl (C=O) groups excluding carboxylic acids is 1. The van der Waals surface area contributed by atoms with E-state index in [0.717, 1.165) is 34.3 Å². The summed E-state index contributed by atoms with van der Waals surface area (Å²) in [6.45, 7) is 1.90. The van der Waals surface area contributed by atoms with Crippen LogP contribution in [-0.2, 0) is 11.3 Å².